The molecule has 0 fully saturated rings. The maximum Gasteiger partial charge on any atom is 0.338 e. The molecule has 10 nitrogen and oxygen atoms in total. The lowest BCUT2D eigenvalue weighted by molar-refractivity contribution is -0.126. The van der Waals surface area contributed by atoms with Gasteiger partial charge in [-0.25, -0.2) is 14.0 Å². The second-order valence-electron chi connectivity index (χ2n) is 11.5. The Morgan fingerprint density at radius 3 is 2.30 bits per heavy atom. The average molecular weight is 589 g/mol. The lowest BCUT2D eigenvalue weighted by Crippen LogP contribution is -2.55. The molecule has 0 aliphatic carbocycles. The van der Waals surface area contributed by atoms with Crippen LogP contribution in [0.2, 0.25) is 0 Å². The van der Waals surface area contributed by atoms with E-state index >= 15 is 0 Å². The molecule has 0 saturated heterocycles. The Morgan fingerprint density at radius 1 is 0.953 bits per heavy atom. The number of nitrogens with one attached hydrogen (secondary N) is 2. The SMILES string of the molecule is Cc1ccc2c(c1)N(CC(=O)c1ccccc1C)C(=O)C(NC(=O)Nc1ccc(F)c(C(=O)O)c1)CN2C(=O)C(C)(C)C. The molecule has 224 valence electrons. The molecule has 1 aliphatic heterocycles. The number of rotatable bonds is 6. The van der Waals surface area contributed by atoms with Crippen LogP contribution in [0.5, 0.6) is 0 Å². The van der Waals surface area contributed by atoms with Gasteiger partial charge in [-0.2, -0.15) is 0 Å². The first-order valence-electron chi connectivity index (χ1n) is 13.6. The van der Waals surface area contributed by atoms with Crippen molar-refractivity contribution >= 4 is 46.7 Å². The van der Waals surface area contributed by atoms with Gasteiger partial charge in [-0.1, -0.05) is 51.1 Å². The van der Waals surface area contributed by atoms with E-state index in [0.717, 1.165) is 23.3 Å². The van der Waals surface area contributed by atoms with Crippen molar-refractivity contribution in [2.24, 2.45) is 5.41 Å². The number of carboxylic acid groups (broad SMARTS) is 1. The van der Waals surface area contributed by atoms with Crippen LogP contribution >= 0.6 is 0 Å². The second-order valence-corrected chi connectivity index (χ2v) is 11.5. The highest BCUT2D eigenvalue weighted by molar-refractivity contribution is 6.13. The Labute approximate surface area is 248 Å². The number of carboxylic acids is 1. The van der Waals surface area contributed by atoms with Crippen LogP contribution in [0, 0.1) is 25.1 Å². The number of amides is 4. The molecule has 1 atom stereocenters. The number of urea groups is 1. The minimum atomic E-state index is -1.51. The molecule has 1 heterocycles. The van der Waals surface area contributed by atoms with Crippen molar-refractivity contribution in [1.29, 1.82) is 0 Å². The highest BCUT2D eigenvalue weighted by atomic mass is 19.1. The lowest BCUT2D eigenvalue weighted by Gasteiger charge is -2.31. The fourth-order valence-corrected chi connectivity index (χ4v) is 4.82. The van der Waals surface area contributed by atoms with Crippen LogP contribution < -0.4 is 20.4 Å². The van der Waals surface area contributed by atoms with Gasteiger partial charge in [0.05, 0.1) is 30.0 Å². The number of fused-ring (bicyclic) bond motifs is 1. The van der Waals surface area contributed by atoms with Crippen molar-refractivity contribution < 1.29 is 33.5 Å². The summed E-state index contributed by atoms with van der Waals surface area (Å²) in [5.74, 6) is -3.76. The molecule has 3 aromatic rings. The van der Waals surface area contributed by atoms with Crippen molar-refractivity contribution in [3.8, 4) is 0 Å². The Hall–Kier alpha value is -5.06. The van der Waals surface area contributed by atoms with Crippen molar-refractivity contribution in [1.82, 2.24) is 5.32 Å². The molecule has 3 aromatic carbocycles. The van der Waals surface area contributed by atoms with E-state index in [2.05, 4.69) is 10.6 Å². The summed E-state index contributed by atoms with van der Waals surface area (Å²) in [7, 11) is 0. The topological polar surface area (TPSA) is 136 Å². The first kappa shape index (κ1) is 30.9. The highest BCUT2D eigenvalue weighted by Crippen LogP contribution is 2.36. The third-order valence-corrected chi connectivity index (χ3v) is 7.04. The smallest absolute Gasteiger partial charge is 0.338 e. The number of hydrogen-bond acceptors (Lipinski definition) is 5. The fourth-order valence-electron chi connectivity index (χ4n) is 4.82. The van der Waals surface area contributed by atoms with Crippen LogP contribution in [-0.4, -0.2) is 53.8 Å². The molecular weight excluding hydrogens is 555 g/mol. The lowest BCUT2D eigenvalue weighted by atomic mass is 9.94. The van der Waals surface area contributed by atoms with Crippen LogP contribution in [0.4, 0.5) is 26.2 Å². The summed E-state index contributed by atoms with van der Waals surface area (Å²) in [4.78, 5) is 68.4. The molecule has 3 N–H and O–H groups in total. The summed E-state index contributed by atoms with van der Waals surface area (Å²) < 4.78 is 13.9. The summed E-state index contributed by atoms with van der Waals surface area (Å²) in [5.41, 5.74) is 1.19. The quantitative estimate of drug-likeness (QED) is 0.349. The third kappa shape index (κ3) is 6.72. The van der Waals surface area contributed by atoms with E-state index in [1.54, 1.807) is 70.2 Å². The first-order valence-corrected chi connectivity index (χ1v) is 13.6. The molecule has 1 aliphatic rings. The van der Waals surface area contributed by atoms with Crippen LogP contribution in [0.15, 0.2) is 60.7 Å². The summed E-state index contributed by atoms with van der Waals surface area (Å²) in [5, 5.41) is 14.2. The number of halogens is 1. The Bertz CT molecular complexity index is 1630. The second kappa shape index (κ2) is 12.0. The Morgan fingerprint density at radius 2 is 1.65 bits per heavy atom. The summed E-state index contributed by atoms with van der Waals surface area (Å²) in [6.45, 7) is 8.23. The van der Waals surface area contributed by atoms with Gasteiger partial charge in [0.25, 0.3) is 5.91 Å². The maximum absolute atomic E-state index is 14.1. The maximum atomic E-state index is 14.1. The number of aryl methyl sites for hydroxylation is 2. The molecule has 11 heteroatoms. The van der Waals surface area contributed by atoms with Crippen molar-refractivity contribution in [2.45, 2.75) is 40.7 Å². The summed E-state index contributed by atoms with van der Waals surface area (Å²) in [6.07, 6.45) is 0. The highest BCUT2D eigenvalue weighted by Gasteiger charge is 2.40. The van der Waals surface area contributed by atoms with E-state index in [-0.39, 0.29) is 30.5 Å². The van der Waals surface area contributed by atoms with Crippen LogP contribution in [0.1, 0.15) is 52.6 Å². The minimum Gasteiger partial charge on any atom is -0.478 e. The number of anilines is 3. The molecule has 0 radical (unpaired) electrons. The van der Waals surface area contributed by atoms with E-state index in [4.69, 9.17) is 0 Å². The van der Waals surface area contributed by atoms with Gasteiger partial charge in [0.15, 0.2) is 5.78 Å². The fraction of sp³-hybridized carbons (Fsp3) is 0.281. The largest absolute Gasteiger partial charge is 0.478 e. The van der Waals surface area contributed by atoms with Crippen LogP contribution in [0.25, 0.3) is 0 Å². The number of carbonyl (C=O) groups excluding carboxylic acids is 4. The first-order chi connectivity index (χ1) is 20.2. The molecule has 0 saturated carbocycles. The molecule has 0 bridgehead atoms. The van der Waals surface area contributed by atoms with Gasteiger partial charge >= 0.3 is 12.0 Å². The number of nitrogens with zero attached hydrogens (tertiary/aromatic N) is 2. The predicted molar refractivity (Wildman–Crippen MR) is 160 cm³/mol. The van der Waals surface area contributed by atoms with E-state index in [1.165, 1.54) is 15.9 Å². The molecule has 0 aromatic heterocycles. The van der Waals surface area contributed by atoms with Crippen LogP contribution in [-0.2, 0) is 9.59 Å². The average Bonchev–Trinajstić information content (AvgIpc) is 3.03. The van der Waals surface area contributed by atoms with Gasteiger partial charge < -0.3 is 25.5 Å². The van der Waals surface area contributed by atoms with Crippen molar-refractivity contribution in [3.05, 3.63) is 88.7 Å². The molecule has 4 amide bonds. The minimum absolute atomic E-state index is 0.0227. The molecule has 1 unspecified atom stereocenters. The van der Waals surface area contributed by atoms with Crippen LogP contribution in [0.3, 0.4) is 0 Å². The van der Waals surface area contributed by atoms with Gasteiger partial charge in [0.2, 0.25) is 5.91 Å². The van der Waals surface area contributed by atoms with Gasteiger partial charge in [0.1, 0.15) is 11.9 Å². The normalized spacial score (nSPS) is 14.9. The monoisotopic (exact) mass is 588 g/mol. The number of aromatic carboxylic acids is 1. The van der Waals surface area contributed by atoms with E-state index < -0.39 is 40.7 Å². The van der Waals surface area contributed by atoms with Crippen molar-refractivity contribution in [2.75, 3.05) is 28.2 Å². The summed E-state index contributed by atoms with van der Waals surface area (Å²) in [6, 6.07) is 13.0. The van der Waals surface area contributed by atoms with E-state index in [0.29, 0.717) is 16.9 Å². The Balaban J connectivity index is 1.74. The molecule has 4 rings (SSSR count). The number of ketones is 1. The van der Waals surface area contributed by atoms with Gasteiger partial charge in [-0.05, 0) is 55.3 Å². The predicted octanol–water partition coefficient (Wildman–Crippen LogP) is 4.94. The van der Waals surface area contributed by atoms with Gasteiger partial charge in [-0.3, -0.25) is 14.4 Å². The Kier molecular flexibility index (Phi) is 8.65. The zero-order valence-corrected chi connectivity index (χ0v) is 24.5. The standard InChI is InChI=1S/C32H33FN4O6/c1-18-10-13-25-26(14-18)36(17-27(38)21-9-7-6-8-19(21)2)28(39)24(16-37(25)30(42)32(3,4)5)35-31(43)34-20-11-12-23(33)22(15-20)29(40)41/h6-15,24H,16-17H2,1-5H3,(H,40,41)(H2,34,35,43). The molecular formula is C32H33FN4O6. The molecule has 43 heavy (non-hydrogen) atoms. The van der Waals surface area contributed by atoms with Gasteiger partial charge in [0, 0.05) is 16.7 Å². The number of carbonyl (C=O) groups is 5. The summed E-state index contributed by atoms with van der Waals surface area (Å²) >= 11 is 0. The zero-order valence-electron chi connectivity index (χ0n) is 24.5. The van der Waals surface area contributed by atoms with E-state index in [9.17, 15) is 33.5 Å². The number of Topliss-reactive ketones (excluding diaryl/α,β-unsaturated/α-hetero) is 1. The number of hydrogen-bond donors (Lipinski definition) is 3. The number of benzene rings is 3. The van der Waals surface area contributed by atoms with E-state index in [1.807, 2.05) is 6.92 Å². The third-order valence-electron chi connectivity index (χ3n) is 7.04. The zero-order chi connectivity index (χ0) is 31.6. The van der Waals surface area contributed by atoms with Gasteiger partial charge in [-0.15, -0.1) is 0 Å². The molecule has 0 spiro atoms. The van der Waals surface area contributed by atoms with Crippen molar-refractivity contribution in [3.63, 3.8) is 0 Å².